The van der Waals surface area contributed by atoms with Gasteiger partial charge in [-0.25, -0.2) is 0 Å². The Bertz CT molecular complexity index is 336. The Hall–Kier alpha value is -1.57. The van der Waals surface area contributed by atoms with E-state index in [0.29, 0.717) is 17.2 Å². The van der Waals surface area contributed by atoms with Crippen LogP contribution in [0.2, 0.25) is 0 Å². The lowest BCUT2D eigenvalue weighted by atomic mass is 10.1. The molecule has 0 aliphatic carbocycles. The van der Waals surface area contributed by atoms with Gasteiger partial charge in [-0.3, -0.25) is 4.79 Å². The summed E-state index contributed by atoms with van der Waals surface area (Å²) in [4.78, 5) is 11.5. The van der Waals surface area contributed by atoms with Gasteiger partial charge in [-0.05, 0) is 36.3 Å². The molecular weight excluding hydrogens is 174 g/mol. The summed E-state index contributed by atoms with van der Waals surface area (Å²) in [7, 11) is 0. The molecule has 0 bridgehead atoms. The Balaban J connectivity index is 2.75. The molecule has 1 aromatic carbocycles. The van der Waals surface area contributed by atoms with E-state index in [4.69, 9.17) is 5.73 Å². The van der Waals surface area contributed by atoms with Crippen molar-refractivity contribution in [3.05, 3.63) is 42.0 Å². The van der Waals surface area contributed by atoms with Crippen LogP contribution in [0.3, 0.4) is 0 Å². The number of ketones is 1. The van der Waals surface area contributed by atoms with Crippen LogP contribution in [0, 0.1) is 5.92 Å². The maximum absolute atomic E-state index is 11.5. The average Bonchev–Trinajstić information content (AvgIpc) is 2.15. The van der Waals surface area contributed by atoms with Gasteiger partial charge in [0.1, 0.15) is 0 Å². The van der Waals surface area contributed by atoms with Crippen LogP contribution in [0.1, 0.15) is 24.2 Å². The van der Waals surface area contributed by atoms with Gasteiger partial charge in [0.25, 0.3) is 0 Å². The monoisotopic (exact) mass is 189 g/mol. The molecule has 0 amide bonds. The number of nitrogens with two attached hydrogens (primary N) is 1. The van der Waals surface area contributed by atoms with E-state index in [9.17, 15) is 4.79 Å². The molecule has 0 atom stereocenters. The molecule has 0 radical (unpaired) electrons. The van der Waals surface area contributed by atoms with Gasteiger partial charge in [-0.15, -0.1) is 0 Å². The average molecular weight is 189 g/mol. The minimum atomic E-state index is 0.0266. The van der Waals surface area contributed by atoms with E-state index in [1.165, 1.54) is 0 Å². The quantitative estimate of drug-likeness (QED) is 0.451. The lowest BCUT2D eigenvalue weighted by Gasteiger charge is -1.97. The van der Waals surface area contributed by atoms with E-state index in [1.807, 2.05) is 19.9 Å². The van der Waals surface area contributed by atoms with Crippen molar-refractivity contribution in [2.45, 2.75) is 13.8 Å². The molecule has 1 aromatic rings. The van der Waals surface area contributed by atoms with Gasteiger partial charge in [0.05, 0.1) is 0 Å². The second kappa shape index (κ2) is 4.61. The molecule has 14 heavy (non-hydrogen) atoms. The summed E-state index contributed by atoms with van der Waals surface area (Å²) in [6.45, 7) is 4.07. The summed E-state index contributed by atoms with van der Waals surface area (Å²) in [6, 6.07) is 6.94. The van der Waals surface area contributed by atoms with Crippen molar-refractivity contribution in [3.8, 4) is 0 Å². The highest BCUT2D eigenvalue weighted by Gasteiger charge is 2.00. The zero-order valence-electron chi connectivity index (χ0n) is 8.53. The molecule has 1 rings (SSSR count). The summed E-state index contributed by atoms with van der Waals surface area (Å²) in [6.07, 6.45) is 3.49. The first kappa shape index (κ1) is 10.5. The molecule has 0 heterocycles. The minimum absolute atomic E-state index is 0.0266. The maximum Gasteiger partial charge on any atom is 0.185 e. The molecule has 2 heteroatoms. The number of carbonyl (C=O) groups excluding carboxylic acids is 1. The SMILES string of the molecule is CC(C)C=CC(=O)c1ccc(N)cc1. The second-order valence-electron chi connectivity index (χ2n) is 3.59. The fourth-order valence-electron chi connectivity index (χ4n) is 1.02. The maximum atomic E-state index is 11.5. The molecule has 2 nitrogen and oxygen atoms in total. The third-order valence-electron chi connectivity index (χ3n) is 1.83. The third kappa shape index (κ3) is 3.05. The summed E-state index contributed by atoms with van der Waals surface area (Å²) in [5.41, 5.74) is 6.87. The van der Waals surface area contributed by atoms with Crippen LogP contribution in [0.5, 0.6) is 0 Å². The van der Waals surface area contributed by atoms with Crippen LogP contribution in [0.25, 0.3) is 0 Å². The number of hydrogen-bond acceptors (Lipinski definition) is 2. The van der Waals surface area contributed by atoms with E-state index in [2.05, 4.69) is 0 Å². The second-order valence-corrected chi connectivity index (χ2v) is 3.59. The number of rotatable bonds is 3. The first-order valence-electron chi connectivity index (χ1n) is 4.67. The number of carbonyl (C=O) groups is 1. The van der Waals surface area contributed by atoms with E-state index >= 15 is 0 Å². The molecule has 0 aliphatic rings. The Morgan fingerprint density at radius 2 is 1.86 bits per heavy atom. The van der Waals surface area contributed by atoms with Gasteiger partial charge in [0.2, 0.25) is 0 Å². The van der Waals surface area contributed by atoms with E-state index < -0.39 is 0 Å². The predicted octanol–water partition coefficient (Wildman–Crippen LogP) is 2.66. The van der Waals surface area contributed by atoms with Gasteiger partial charge in [0, 0.05) is 11.3 Å². The largest absolute Gasteiger partial charge is 0.399 e. The van der Waals surface area contributed by atoms with Crippen molar-refractivity contribution >= 4 is 11.5 Å². The van der Waals surface area contributed by atoms with Gasteiger partial charge in [0.15, 0.2) is 5.78 Å². The highest BCUT2D eigenvalue weighted by molar-refractivity contribution is 6.04. The van der Waals surface area contributed by atoms with Crippen LogP contribution in [-0.2, 0) is 0 Å². The van der Waals surface area contributed by atoms with Crippen LogP contribution in [-0.4, -0.2) is 5.78 Å². The normalized spacial score (nSPS) is 11.1. The molecule has 2 N–H and O–H groups in total. The third-order valence-corrected chi connectivity index (χ3v) is 1.83. The number of hydrogen-bond donors (Lipinski definition) is 1. The Kier molecular flexibility index (Phi) is 3.46. The predicted molar refractivity (Wildman–Crippen MR) is 59.2 cm³/mol. The Morgan fingerprint density at radius 3 is 2.36 bits per heavy atom. The van der Waals surface area contributed by atoms with Gasteiger partial charge in [-0.1, -0.05) is 19.9 Å². The van der Waals surface area contributed by atoms with Crippen LogP contribution in [0.15, 0.2) is 36.4 Å². The van der Waals surface area contributed by atoms with E-state index in [1.54, 1.807) is 30.3 Å². The van der Waals surface area contributed by atoms with Crippen molar-refractivity contribution in [1.82, 2.24) is 0 Å². The van der Waals surface area contributed by atoms with E-state index in [0.717, 1.165) is 0 Å². The molecule has 0 aromatic heterocycles. The molecule has 74 valence electrons. The van der Waals surface area contributed by atoms with Crippen LogP contribution < -0.4 is 5.73 Å². The summed E-state index contributed by atoms with van der Waals surface area (Å²) in [5.74, 6) is 0.423. The van der Waals surface area contributed by atoms with Crippen LogP contribution >= 0.6 is 0 Å². The summed E-state index contributed by atoms with van der Waals surface area (Å²) < 4.78 is 0. The molecule has 0 unspecified atom stereocenters. The number of nitrogen functional groups attached to an aromatic ring is 1. The number of anilines is 1. The number of benzene rings is 1. The topological polar surface area (TPSA) is 43.1 Å². The zero-order chi connectivity index (χ0) is 10.6. The van der Waals surface area contributed by atoms with E-state index in [-0.39, 0.29) is 5.78 Å². The molecule has 0 saturated heterocycles. The van der Waals surface area contributed by atoms with Gasteiger partial charge in [-0.2, -0.15) is 0 Å². The first-order chi connectivity index (χ1) is 6.59. The lowest BCUT2D eigenvalue weighted by molar-refractivity contribution is 0.104. The smallest absolute Gasteiger partial charge is 0.185 e. The summed E-state index contributed by atoms with van der Waals surface area (Å²) in [5, 5.41) is 0. The van der Waals surface area contributed by atoms with Crippen molar-refractivity contribution in [3.63, 3.8) is 0 Å². The number of allylic oxidation sites excluding steroid dienone is 2. The van der Waals surface area contributed by atoms with Crippen molar-refractivity contribution in [2.75, 3.05) is 5.73 Å². The zero-order valence-corrected chi connectivity index (χ0v) is 8.53. The fraction of sp³-hybridized carbons (Fsp3) is 0.250. The molecular formula is C12H15NO. The fourth-order valence-corrected chi connectivity index (χ4v) is 1.02. The summed E-state index contributed by atoms with van der Waals surface area (Å²) >= 11 is 0. The molecule has 0 aliphatic heterocycles. The van der Waals surface area contributed by atoms with Crippen molar-refractivity contribution in [2.24, 2.45) is 5.92 Å². The molecule has 0 spiro atoms. The van der Waals surface area contributed by atoms with Gasteiger partial charge < -0.3 is 5.73 Å². The van der Waals surface area contributed by atoms with Gasteiger partial charge >= 0.3 is 0 Å². The standard InChI is InChI=1S/C12H15NO/c1-9(2)3-8-12(14)10-4-6-11(13)7-5-10/h3-9H,13H2,1-2H3. The first-order valence-corrected chi connectivity index (χ1v) is 4.67. The Labute approximate surface area is 84.4 Å². The highest BCUT2D eigenvalue weighted by atomic mass is 16.1. The highest BCUT2D eigenvalue weighted by Crippen LogP contribution is 2.07. The molecule has 0 saturated carbocycles. The Morgan fingerprint density at radius 1 is 1.29 bits per heavy atom. The van der Waals surface area contributed by atoms with Crippen LogP contribution in [0.4, 0.5) is 5.69 Å². The van der Waals surface area contributed by atoms with Crippen molar-refractivity contribution < 1.29 is 4.79 Å². The minimum Gasteiger partial charge on any atom is -0.399 e. The molecule has 0 fully saturated rings. The van der Waals surface area contributed by atoms with Crippen molar-refractivity contribution in [1.29, 1.82) is 0 Å². The lowest BCUT2D eigenvalue weighted by Crippen LogP contribution is -1.95.